The number of hydrogen-bond acceptors (Lipinski definition) is 4. The highest BCUT2D eigenvalue weighted by atomic mass is 35.5. The predicted molar refractivity (Wildman–Crippen MR) is 131 cm³/mol. The third kappa shape index (κ3) is 3.41. The van der Waals surface area contributed by atoms with Crippen molar-refractivity contribution in [3.05, 3.63) is 68.5 Å². The number of rotatable bonds is 3. The minimum atomic E-state index is -0.557. The van der Waals surface area contributed by atoms with Crippen LogP contribution in [0.5, 0.6) is 0 Å². The minimum Gasteiger partial charge on any atom is -0.340 e. The Morgan fingerprint density at radius 3 is 2.78 bits per heavy atom. The van der Waals surface area contributed by atoms with Crippen molar-refractivity contribution in [3.63, 3.8) is 0 Å². The summed E-state index contributed by atoms with van der Waals surface area (Å²) in [5, 5.41) is 2.16. The van der Waals surface area contributed by atoms with Crippen LogP contribution in [0, 0.1) is 13.8 Å². The number of aromatic amines is 1. The van der Waals surface area contributed by atoms with Gasteiger partial charge in [-0.25, -0.2) is 9.97 Å². The molecule has 0 spiro atoms. The Balaban J connectivity index is 1.57. The summed E-state index contributed by atoms with van der Waals surface area (Å²) < 4.78 is 0. The molecule has 164 valence electrons. The van der Waals surface area contributed by atoms with Crippen molar-refractivity contribution in [1.82, 2.24) is 19.9 Å². The summed E-state index contributed by atoms with van der Waals surface area (Å²) in [6.45, 7) is 6.61. The number of thiazole rings is 1. The molecule has 0 unspecified atom stereocenters. The lowest BCUT2D eigenvalue weighted by atomic mass is 9.97. The molecule has 1 atom stereocenters. The van der Waals surface area contributed by atoms with Crippen LogP contribution in [0.1, 0.15) is 46.6 Å². The summed E-state index contributed by atoms with van der Waals surface area (Å²) in [4.78, 5) is 29.5. The number of likely N-dealkylation sites (tertiary alicyclic amines) is 1. The molecule has 32 heavy (non-hydrogen) atoms. The maximum absolute atomic E-state index is 13.8. The monoisotopic (exact) mass is 484 g/mol. The quantitative estimate of drug-likeness (QED) is 0.349. The highest BCUT2D eigenvalue weighted by molar-refractivity contribution is 7.15. The summed E-state index contributed by atoms with van der Waals surface area (Å²) in [5.41, 5.74) is 3.52. The van der Waals surface area contributed by atoms with Gasteiger partial charge >= 0.3 is 0 Å². The fourth-order valence-corrected chi connectivity index (χ4v) is 5.75. The zero-order chi connectivity index (χ0) is 22.6. The Morgan fingerprint density at radius 1 is 1.19 bits per heavy atom. The summed E-state index contributed by atoms with van der Waals surface area (Å²) in [6, 6.07) is 11.4. The van der Waals surface area contributed by atoms with E-state index in [0.717, 1.165) is 50.7 Å². The lowest BCUT2D eigenvalue weighted by Crippen LogP contribution is -2.44. The Bertz CT molecular complexity index is 1360. The van der Waals surface area contributed by atoms with E-state index < -0.39 is 5.54 Å². The molecule has 1 fully saturated rings. The number of H-pyrrole nitrogens is 1. The number of benzene rings is 2. The average molecular weight is 485 g/mol. The topological polar surface area (TPSA) is 61.9 Å². The van der Waals surface area contributed by atoms with Gasteiger partial charge < -0.3 is 9.88 Å². The van der Waals surface area contributed by atoms with E-state index >= 15 is 0 Å². The highest BCUT2D eigenvalue weighted by Crippen LogP contribution is 2.41. The summed E-state index contributed by atoms with van der Waals surface area (Å²) >= 11 is 14.0. The highest BCUT2D eigenvalue weighted by Gasteiger charge is 2.45. The van der Waals surface area contributed by atoms with E-state index in [9.17, 15) is 4.79 Å². The number of aryl methyl sites for hydroxylation is 2. The molecule has 1 amide bonds. The van der Waals surface area contributed by atoms with Crippen LogP contribution in [0.4, 0.5) is 0 Å². The fraction of sp³-hybridized carbons (Fsp3) is 0.292. The van der Waals surface area contributed by atoms with E-state index in [1.807, 2.05) is 55.1 Å². The summed E-state index contributed by atoms with van der Waals surface area (Å²) in [7, 11) is 0. The van der Waals surface area contributed by atoms with Gasteiger partial charge in [-0.05, 0) is 69.0 Å². The normalized spacial score (nSPS) is 18.6. The van der Waals surface area contributed by atoms with Crippen LogP contribution < -0.4 is 0 Å². The van der Waals surface area contributed by atoms with Gasteiger partial charge in [0.25, 0.3) is 5.91 Å². The molecule has 1 N–H and O–H groups in total. The lowest BCUT2D eigenvalue weighted by molar-refractivity contribution is 0.0601. The van der Waals surface area contributed by atoms with Crippen LogP contribution >= 0.6 is 34.5 Å². The second kappa shape index (κ2) is 7.87. The number of fused-ring (bicyclic) bond motifs is 1. The number of imidazole rings is 1. The van der Waals surface area contributed by atoms with E-state index in [4.69, 9.17) is 28.2 Å². The number of halogens is 2. The maximum Gasteiger partial charge on any atom is 0.274 e. The zero-order valence-corrected chi connectivity index (χ0v) is 20.3. The lowest BCUT2D eigenvalue weighted by Gasteiger charge is -2.33. The van der Waals surface area contributed by atoms with Gasteiger partial charge in [0.15, 0.2) is 0 Å². The second-order valence-corrected chi connectivity index (χ2v) is 10.5. The van der Waals surface area contributed by atoms with Gasteiger partial charge in [0.1, 0.15) is 11.5 Å². The van der Waals surface area contributed by atoms with Crippen LogP contribution in [0.3, 0.4) is 0 Å². The molecular formula is C24H22Cl2N4OS. The van der Waals surface area contributed by atoms with Crippen LogP contribution in [0.2, 0.25) is 10.0 Å². The van der Waals surface area contributed by atoms with Crippen LogP contribution in [-0.2, 0) is 5.54 Å². The number of aromatic nitrogens is 3. The van der Waals surface area contributed by atoms with Crippen molar-refractivity contribution in [2.45, 2.75) is 39.2 Å². The zero-order valence-electron chi connectivity index (χ0n) is 18.0. The van der Waals surface area contributed by atoms with Crippen molar-refractivity contribution in [3.8, 4) is 10.4 Å². The van der Waals surface area contributed by atoms with Gasteiger partial charge in [-0.15, -0.1) is 11.3 Å². The predicted octanol–water partition coefficient (Wildman–Crippen LogP) is 6.76. The van der Waals surface area contributed by atoms with Gasteiger partial charge in [-0.1, -0.05) is 35.3 Å². The van der Waals surface area contributed by atoms with Crippen molar-refractivity contribution in [1.29, 1.82) is 0 Å². The van der Waals surface area contributed by atoms with Gasteiger partial charge in [0.05, 0.1) is 26.5 Å². The molecular weight excluding hydrogens is 463 g/mol. The standard InChI is InChI=1S/C24H22Cl2N4OS/c1-13-17(26)8-9-18-19(13)29-23(28-18)24(3)10-5-11-30(24)22(31)20-21(32-14(2)27-20)15-6-4-7-16(25)12-15/h4,6-9,12H,5,10-11H2,1-3H3,(H,28,29)/t24-/m0/s1. The molecule has 5 nitrogen and oxygen atoms in total. The molecule has 0 saturated carbocycles. The van der Waals surface area contributed by atoms with Crippen molar-refractivity contribution < 1.29 is 4.79 Å². The first-order valence-corrected chi connectivity index (χ1v) is 12.1. The van der Waals surface area contributed by atoms with Crippen LogP contribution in [-0.4, -0.2) is 32.3 Å². The number of carbonyl (C=O) groups excluding carboxylic acids is 1. The summed E-state index contributed by atoms with van der Waals surface area (Å²) in [6.07, 6.45) is 1.72. The smallest absolute Gasteiger partial charge is 0.274 e. The third-order valence-electron chi connectivity index (χ3n) is 6.26. The molecule has 0 bridgehead atoms. The van der Waals surface area contributed by atoms with Crippen molar-refractivity contribution in [2.75, 3.05) is 6.54 Å². The van der Waals surface area contributed by atoms with Crippen LogP contribution in [0.15, 0.2) is 36.4 Å². The summed E-state index contributed by atoms with van der Waals surface area (Å²) in [5.74, 6) is 0.694. The third-order valence-corrected chi connectivity index (χ3v) is 7.93. The molecule has 3 heterocycles. The van der Waals surface area contributed by atoms with Gasteiger partial charge in [0, 0.05) is 16.6 Å². The number of carbonyl (C=O) groups is 1. The van der Waals surface area contributed by atoms with Gasteiger partial charge in [-0.3, -0.25) is 4.79 Å². The van der Waals surface area contributed by atoms with Gasteiger partial charge in [0.2, 0.25) is 0 Å². The van der Waals surface area contributed by atoms with E-state index in [0.29, 0.717) is 22.3 Å². The van der Waals surface area contributed by atoms with E-state index in [-0.39, 0.29) is 5.91 Å². The molecule has 0 aliphatic carbocycles. The largest absolute Gasteiger partial charge is 0.340 e. The Morgan fingerprint density at radius 2 is 2.00 bits per heavy atom. The first kappa shape index (κ1) is 21.4. The van der Waals surface area contributed by atoms with Gasteiger partial charge in [-0.2, -0.15) is 0 Å². The first-order chi connectivity index (χ1) is 15.3. The minimum absolute atomic E-state index is 0.0838. The fourth-order valence-electron chi connectivity index (χ4n) is 4.50. The van der Waals surface area contributed by atoms with Crippen LogP contribution in [0.25, 0.3) is 21.5 Å². The molecule has 2 aromatic carbocycles. The molecule has 4 aromatic rings. The average Bonchev–Trinajstić information content (AvgIpc) is 3.47. The SMILES string of the molecule is Cc1nc(C(=O)N2CCC[C@@]2(C)c2nc3c(C)c(Cl)ccc3[nH]2)c(-c2cccc(Cl)c2)s1. The van der Waals surface area contributed by atoms with Crippen molar-refractivity contribution >= 4 is 51.5 Å². The Labute approximate surface area is 200 Å². The number of amides is 1. The van der Waals surface area contributed by atoms with E-state index in [1.54, 1.807) is 0 Å². The molecule has 1 aliphatic heterocycles. The number of nitrogens with one attached hydrogen (secondary N) is 1. The van der Waals surface area contributed by atoms with E-state index in [2.05, 4.69) is 16.9 Å². The Hall–Kier alpha value is -2.41. The van der Waals surface area contributed by atoms with Crippen molar-refractivity contribution in [2.24, 2.45) is 0 Å². The molecule has 1 saturated heterocycles. The molecule has 8 heteroatoms. The maximum atomic E-state index is 13.8. The Kier molecular flexibility index (Phi) is 5.27. The second-order valence-electron chi connectivity index (χ2n) is 8.41. The molecule has 5 rings (SSSR count). The van der Waals surface area contributed by atoms with E-state index in [1.165, 1.54) is 11.3 Å². The molecule has 0 radical (unpaired) electrons. The number of hydrogen-bond donors (Lipinski definition) is 1. The molecule has 2 aromatic heterocycles. The first-order valence-electron chi connectivity index (χ1n) is 10.5. The molecule has 1 aliphatic rings. The number of nitrogens with zero attached hydrogens (tertiary/aromatic N) is 3.